The maximum Gasteiger partial charge on any atom is 0.127 e. The molecule has 0 bridgehead atoms. The van der Waals surface area contributed by atoms with Gasteiger partial charge in [-0.15, -0.1) is 0 Å². The first-order chi connectivity index (χ1) is 8.54. The Morgan fingerprint density at radius 1 is 1.39 bits per heavy atom. The largest absolute Gasteiger partial charge is 0.300 e. The molecule has 0 aliphatic heterocycles. The molecule has 1 aromatic carbocycles. The van der Waals surface area contributed by atoms with Gasteiger partial charge in [0.25, 0.3) is 0 Å². The lowest BCUT2D eigenvalue weighted by atomic mass is 9.69. The van der Waals surface area contributed by atoms with E-state index in [1.807, 2.05) is 11.9 Å². The third-order valence-corrected chi connectivity index (χ3v) is 3.57. The highest BCUT2D eigenvalue weighted by atomic mass is 19.1. The highest BCUT2D eigenvalue weighted by Crippen LogP contribution is 2.40. The number of nitriles is 1. The lowest BCUT2D eigenvalue weighted by Gasteiger charge is -2.38. The van der Waals surface area contributed by atoms with E-state index in [1.54, 1.807) is 0 Å². The van der Waals surface area contributed by atoms with Crippen molar-refractivity contribution in [3.8, 4) is 6.07 Å². The highest BCUT2D eigenvalue weighted by Gasteiger charge is 2.38. The summed E-state index contributed by atoms with van der Waals surface area (Å²) < 4.78 is 26.5. The Hall–Kier alpha value is -1.47. The predicted molar refractivity (Wildman–Crippen MR) is 64.6 cm³/mol. The van der Waals surface area contributed by atoms with Crippen molar-refractivity contribution in [2.24, 2.45) is 5.41 Å². The minimum Gasteiger partial charge on any atom is -0.300 e. The zero-order valence-corrected chi connectivity index (χ0v) is 10.4. The molecular weight excluding hydrogens is 234 g/mol. The van der Waals surface area contributed by atoms with E-state index < -0.39 is 11.6 Å². The van der Waals surface area contributed by atoms with E-state index in [2.05, 4.69) is 6.07 Å². The molecular formula is C14H16F2N2. The van der Waals surface area contributed by atoms with E-state index in [4.69, 9.17) is 5.26 Å². The van der Waals surface area contributed by atoms with Gasteiger partial charge in [0, 0.05) is 18.7 Å². The molecule has 4 heteroatoms. The van der Waals surface area contributed by atoms with Crippen molar-refractivity contribution in [2.45, 2.75) is 25.8 Å². The molecule has 1 aliphatic rings. The minimum atomic E-state index is -0.432. The third-order valence-electron chi connectivity index (χ3n) is 3.57. The van der Waals surface area contributed by atoms with Crippen molar-refractivity contribution in [1.82, 2.24) is 4.90 Å². The number of hydrogen-bond acceptors (Lipinski definition) is 2. The SMILES string of the molecule is CN(Cc1cc(F)ccc1F)CC1(C#N)CCC1. The summed E-state index contributed by atoms with van der Waals surface area (Å²) in [5.41, 5.74) is 0.0587. The Labute approximate surface area is 106 Å². The minimum absolute atomic E-state index is 0.279. The Kier molecular flexibility index (Phi) is 3.63. The first-order valence-electron chi connectivity index (χ1n) is 6.08. The van der Waals surface area contributed by atoms with Gasteiger partial charge in [-0.1, -0.05) is 6.42 Å². The van der Waals surface area contributed by atoms with Crippen LogP contribution in [0.5, 0.6) is 0 Å². The smallest absolute Gasteiger partial charge is 0.127 e. The molecule has 96 valence electrons. The van der Waals surface area contributed by atoms with Crippen molar-refractivity contribution in [1.29, 1.82) is 5.26 Å². The molecule has 2 rings (SSSR count). The van der Waals surface area contributed by atoms with Gasteiger partial charge < -0.3 is 4.90 Å². The average molecular weight is 250 g/mol. The van der Waals surface area contributed by atoms with Crippen LogP contribution in [0, 0.1) is 28.4 Å². The van der Waals surface area contributed by atoms with Crippen LogP contribution < -0.4 is 0 Å². The van der Waals surface area contributed by atoms with E-state index in [1.165, 1.54) is 6.07 Å². The van der Waals surface area contributed by atoms with Gasteiger partial charge in [0.05, 0.1) is 11.5 Å². The van der Waals surface area contributed by atoms with Crippen LogP contribution >= 0.6 is 0 Å². The summed E-state index contributed by atoms with van der Waals surface area (Å²) >= 11 is 0. The Balaban J connectivity index is 2.01. The van der Waals surface area contributed by atoms with Crippen molar-refractivity contribution >= 4 is 0 Å². The normalized spacial score (nSPS) is 17.3. The van der Waals surface area contributed by atoms with Gasteiger partial charge in [-0.3, -0.25) is 0 Å². The second-order valence-corrected chi connectivity index (χ2v) is 5.15. The number of hydrogen-bond donors (Lipinski definition) is 0. The number of nitrogens with zero attached hydrogens (tertiary/aromatic N) is 2. The van der Waals surface area contributed by atoms with Crippen LogP contribution in [0.3, 0.4) is 0 Å². The second-order valence-electron chi connectivity index (χ2n) is 5.15. The second kappa shape index (κ2) is 5.03. The van der Waals surface area contributed by atoms with Crippen LogP contribution in [0.4, 0.5) is 8.78 Å². The first kappa shape index (κ1) is 13.0. The molecule has 1 saturated carbocycles. The first-order valence-corrected chi connectivity index (χ1v) is 6.08. The molecule has 0 heterocycles. The molecule has 1 aromatic rings. The van der Waals surface area contributed by atoms with Gasteiger partial charge in [-0.2, -0.15) is 5.26 Å². The average Bonchev–Trinajstić information content (AvgIpc) is 2.28. The van der Waals surface area contributed by atoms with Crippen LogP contribution in [0.1, 0.15) is 24.8 Å². The van der Waals surface area contributed by atoms with Gasteiger partial charge in [0.15, 0.2) is 0 Å². The zero-order chi connectivity index (χ0) is 13.2. The summed E-state index contributed by atoms with van der Waals surface area (Å²) in [7, 11) is 1.84. The zero-order valence-electron chi connectivity index (χ0n) is 10.4. The van der Waals surface area contributed by atoms with Crippen LogP contribution in [-0.4, -0.2) is 18.5 Å². The molecule has 2 nitrogen and oxygen atoms in total. The molecule has 0 radical (unpaired) electrons. The van der Waals surface area contributed by atoms with Gasteiger partial charge in [0.2, 0.25) is 0 Å². The molecule has 1 aliphatic carbocycles. The summed E-state index contributed by atoms with van der Waals surface area (Å²) in [6.45, 7) is 0.937. The summed E-state index contributed by atoms with van der Waals surface area (Å²) in [5.74, 6) is -0.832. The van der Waals surface area contributed by atoms with Crippen LogP contribution in [-0.2, 0) is 6.54 Å². The number of halogens is 2. The summed E-state index contributed by atoms with van der Waals surface area (Å²) in [4.78, 5) is 1.89. The van der Waals surface area contributed by atoms with Crippen LogP contribution in [0.15, 0.2) is 18.2 Å². The fraction of sp³-hybridized carbons (Fsp3) is 0.500. The van der Waals surface area contributed by atoms with E-state index in [0.717, 1.165) is 31.4 Å². The van der Waals surface area contributed by atoms with Gasteiger partial charge >= 0.3 is 0 Å². The van der Waals surface area contributed by atoms with Crippen molar-refractivity contribution < 1.29 is 8.78 Å². The Morgan fingerprint density at radius 2 is 2.11 bits per heavy atom. The predicted octanol–water partition coefficient (Wildman–Crippen LogP) is 3.09. The maximum atomic E-state index is 13.5. The molecule has 0 amide bonds. The highest BCUT2D eigenvalue weighted by molar-refractivity contribution is 5.18. The molecule has 0 spiro atoms. The fourth-order valence-electron chi connectivity index (χ4n) is 2.44. The van der Waals surface area contributed by atoms with Crippen LogP contribution in [0.2, 0.25) is 0 Å². The van der Waals surface area contributed by atoms with E-state index in [-0.39, 0.29) is 5.41 Å². The van der Waals surface area contributed by atoms with Crippen molar-refractivity contribution in [2.75, 3.05) is 13.6 Å². The van der Waals surface area contributed by atoms with Crippen LogP contribution in [0.25, 0.3) is 0 Å². The molecule has 0 N–H and O–H groups in total. The van der Waals surface area contributed by atoms with Gasteiger partial charge in [0.1, 0.15) is 11.6 Å². The molecule has 18 heavy (non-hydrogen) atoms. The lowest BCUT2D eigenvalue weighted by Crippen LogP contribution is -2.39. The van der Waals surface area contributed by atoms with Crippen molar-refractivity contribution in [3.63, 3.8) is 0 Å². The third kappa shape index (κ3) is 2.68. The summed E-state index contributed by atoms with van der Waals surface area (Å²) in [6, 6.07) is 5.82. The van der Waals surface area contributed by atoms with E-state index in [9.17, 15) is 8.78 Å². The van der Waals surface area contributed by atoms with E-state index >= 15 is 0 Å². The van der Waals surface area contributed by atoms with E-state index in [0.29, 0.717) is 18.7 Å². The molecule has 0 atom stereocenters. The lowest BCUT2D eigenvalue weighted by molar-refractivity contribution is 0.133. The number of benzene rings is 1. The summed E-state index contributed by atoms with van der Waals surface area (Å²) in [6.07, 6.45) is 2.88. The molecule has 0 saturated heterocycles. The number of rotatable bonds is 4. The molecule has 0 unspecified atom stereocenters. The van der Waals surface area contributed by atoms with Crippen molar-refractivity contribution in [3.05, 3.63) is 35.4 Å². The summed E-state index contributed by atoms with van der Waals surface area (Å²) in [5, 5.41) is 9.14. The quantitative estimate of drug-likeness (QED) is 0.821. The molecule has 0 aromatic heterocycles. The monoisotopic (exact) mass is 250 g/mol. The standard InChI is InChI=1S/C14H16F2N2/c1-18(10-14(9-17)5-2-6-14)8-11-7-12(15)3-4-13(11)16/h3-4,7H,2,5-6,8,10H2,1H3. The maximum absolute atomic E-state index is 13.5. The topological polar surface area (TPSA) is 27.0 Å². The Morgan fingerprint density at radius 3 is 2.67 bits per heavy atom. The Bertz CT molecular complexity index is 475. The fourth-order valence-corrected chi connectivity index (χ4v) is 2.44. The van der Waals surface area contributed by atoms with Gasteiger partial charge in [-0.05, 0) is 38.1 Å². The molecule has 1 fully saturated rings. The van der Waals surface area contributed by atoms with Gasteiger partial charge in [-0.25, -0.2) is 8.78 Å².